The number of hydrogen-bond donors (Lipinski definition) is 0. The molecule has 0 nitrogen and oxygen atoms in total. The molecule has 0 atom stereocenters. The van der Waals surface area contributed by atoms with Crippen molar-refractivity contribution in [3.8, 4) is 0 Å². The van der Waals surface area contributed by atoms with E-state index in [1.54, 1.807) is 0 Å². The van der Waals surface area contributed by atoms with Crippen LogP contribution in [0, 0.1) is 0 Å². The van der Waals surface area contributed by atoms with Crippen molar-refractivity contribution in [2.75, 3.05) is 0 Å². The van der Waals surface area contributed by atoms with E-state index >= 15 is 0 Å². The second kappa shape index (κ2) is 8.11. The molecule has 16 heavy (non-hydrogen) atoms. The van der Waals surface area contributed by atoms with Crippen molar-refractivity contribution in [1.29, 1.82) is 0 Å². The molecule has 0 N–H and O–H groups in total. The van der Waals surface area contributed by atoms with Gasteiger partial charge in [-0.3, -0.25) is 0 Å². The Morgan fingerprint density at radius 2 is 1.00 bits per heavy atom. The summed E-state index contributed by atoms with van der Waals surface area (Å²) in [5.41, 5.74) is 0. The van der Waals surface area contributed by atoms with E-state index in [9.17, 15) is 0 Å². The van der Waals surface area contributed by atoms with E-state index in [2.05, 4.69) is 60.7 Å². The standard InChI is InChI=1S/2C6H6S.Al.ClH/c2*7-6-4-2-1-3-5-6;;/h2*1-5,7H;;1H/q;;+3;/p-3. The Hall–Kier alpha value is -0.0375. The maximum absolute atomic E-state index is 2.17. The molecule has 0 saturated carbocycles. The summed E-state index contributed by atoms with van der Waals surface area (Å²) in [5.74, 6) is 0. The van der Waals surface area contributed by atoms with Gasteiger partial charge in [0.1, 0.15) is 0 Å². The summed E-state index contributed by atoms with van der Waals surface area (Å²) in [6.45, 7) is 0. The third kappa shape index (κ3) is 4.86. The van der Waals surface area contributed by atoms with Gasteiger partial charge in [-0.2, -0.15) is 0 Å². The summed E-state index contributed by atoms with van der Waals surface area (Å²) < 4.78 is 0. The third-order valence-electron chi connectivity index (χ3n) is 1.85. The topological polar surface area (TPSA) is 0 Å². The molecule has 0 aliphatic heterocycles. The van der Waals surface area contributed by atoms with Gasteiger partial charge >= 0.3 is 104 Å². The van der Waals surface area contributed by atoms with E-state index in [-0.39, 0.29) is 12.4 Å². The molecule has 0 heterocycles. The number of rotatable bonds is 4. The van der Waals surface area contributed by atoms with Crippen LogP contribution in [0.4, 0.5) is 0 Å². The second-order valence-corrected chi connectivity index (χ2v) is 8.29. The fourth-order valence-electron chi connectivity index (χ4n) is 1.13. The summed E-state index contributed by atoms with van der Waals surface area (Å²) in [4.78, 5) is 2.74. The van der Waals surface area contributed by atoms with Gasteiger partial charge in [0.15, 0.2) is 0 Å². The van der Waals surface area contributed by atoms with E-state index in [1.807, 2.05) is 20.3 Å². The van der Waals surface area contributed by atoms with Crippen LogP contribution in [0.15, 0.2) is 70.5 Å². The summed E-state index contributed by atoms with van der Waals surface area (Å²) in [6.07, 6.45) is 0. The molecule has 0 bridgehead atoms. The summed E-state index contributed by atoms with van der Waals surface area (Å²) >= 11 is 0.334. The Labute approximate surface area is 115 Å². The summed E-state index contributed by atoms with van der Waals surface area (Å²) in [5, 5.41) is 0. The summed E-state index contributed by atoms with van der Waals surface area (Å²) in [7, 11) is 3.92. The molecule has 0 aliphatic carbocycles. The van der Waals surface area contributed by atoms with Crippen molar-refractivity contribution in [3.63, 3.8) is 0 Å². The zero-order valence-corrected chi connectivity index (χ0v) is 12.1. The van der Waals surface area contributed by atoms with Crippen molar-refractivity contribution < 1.29 is 12.4 Å². The molecule has 0 aromatic heterocycles. The van der Waals surface area contributed by atoms with Gasteiger partial charge in [0.2, 0.25) is 0 Å². The van der Waals surface area contributed by atoms with Gasteiger partial charge in [-0.05, 0) is 0 Å². The molecule has 4 heteroatoms. The Morgan fingerprint density at radius 1 is 0.625 bits per heavy atom. The number of benzene rings is 2. The van der Waals surface area contributed by atoms with Crippen molar-refractivity contribution in [3.05, 3.63) is 60.7 Å². The zero-order valence-electron chi connectivity index (χ0n) is 8.55. The Kier molecular flexibility index (Phi) is 7.11. The predicted molar refractivity (Wildman–Crippen MR) is 70.4 cm³/mol. The van der Waals surface area contributed by atoms with Crippen molar-refractivity contribution in [2.24, 2.45) is 0 Å². The number of hydrogen-bond acceptors (Lipinski definition) is 2. The van der Waals surface area contributed by atoms with Crippen molar-refractivity contribution in [2.45, 2.75) is 9.79 Å². The van der Waals surface area contributed by atoms with Crippen molar-refractivity contribution in [1.82, 2.24) is 0 Å². The molecule has 0 amide bonds. The first kappa shape index (κ1) is 14.0. The Morgan fingerprint density at radius 3 is 1.38 bits per heavy atom. The fourth-order valence-corrected chi connectivity index (χ4v) is 6.22. The molecule has 2 aromatic carbocycles. The van der Waals surface area contributed by atoms with Crippen molar-refractivity contribution >= 4 is 33.2 Å². The molecule has 0 fully saturated rings. The molecule has 2 rings (SSSR count). The second-order valence-electron chi connectivity index (χ2n) is 2.96. The van der Waals surface area contributed by atoms with Crippen LogP contribution in [0.3, 0.4) is 0 Å². The predicted octanol–water partition coefficient (Wildman–Crippen LogP) is 1.11. The van der Waals surface area contributed by atoms with Gasteiger partial charge in [0.25, 0.3) is 0 Å². The van der Waals surface area contributed by atoms with E-state index in [0.29, 0.717) is 13.0 Å². The first-order chi connectivity index (χ1) is 7.45. The molecule has 80 valence electrons. The van der Waals surface area contributed by atoms with E-state index in [4.69, 9.17) is 0 Å². The number of halogens is 1. The molecule has 0 spiro atoms. The summed E-state index contributed by atoms with van der Waals surface area (Å²) in [6, 6.07) is 21.2. The van der Waals surface area contributed by atoms with Gasteiger partial charge in [0.05, 0.1) is 0 Å². The molecule has 2 aromatic rings. The quantitative estimate of drug-likeness (QED) is 0.770. The molecular formula is C12H10AlClS2. The molecule has 0 aliphatic rings. The molecule has 0 saturated heterocycles. The van der Waals surface area contributed by atoms with E-state index in [0.717, 1.165) is 0 Å². The maximum atomic E-state index is 2.17. The van der Waals surface area contributed by atoms with Crippen LogP contribution in [-0.2, 0) is 0 Å². The fraction of sp³-hybridized carbons (Fsp3) is 0. The Balaban J connectivity index is 0.00000128. The van der Waals surface area contributed by atoms with Crippen LogP contribution < -0.4 is 12.4 Å². The van der Waals surface area contributed by atoms with Crippen LogP contribution in [-0.4, -0.2) is 13.0 Å². The van der Waals surface area contributed by atoms with E-state index < -0.39 is 0 Å². The molecular weight excluding hydrogens is 271 g/mol. The van der Waals surface area contributed by atoms with Crippen LogP contribution in [0.2, 0.25) is 0 Å². The average Bonchev–Trinajstić information content (AvgIpc) is 2.32. The minimum absolute atomic E-state index is 0. The minimum atomic E-state index is 0. The van der Waals surface area contributed by atoms with Crippen LogP contribution >= 0.6 is 20.3 Å². The van der Waals surface area contributed by atoms with E-state index in [1.165, 1.54) is 9.79 Å². The van der Waals surface area contributed by atoms with Crippen LogP contribution in [0.5, 0.6) is 0 Å². The van der Waals surface area contributed by atoms with Crippen LogP contribution in [0.25, 0.3) is 0 Å². The monoisotopic (exact) mass is 280 g/mol. The Bertz CT molecular complexity index is 355. The van der Waals surface area contributed by atoms with Gasteiger partial charge < -0.3 is 12.4 Å². The molecule has 0 unspecified atom stereocenters. The first-order valence-corrected chi connectivity index (χ1v) is 9.29. The normalized spacial score (nSPS) is 9.00. The average molecular weight is 281 g/mol. The molecule has 0 radical (unpaired) electrons. The van der Waals surface area contributed by atoms with Gasteiger partial charge in [0, 0.05) is 0 Å². The first-order valence-electron chi connectivity index (χ1n) is 4.70. The van der Waals surface area contributed by atoms with Gasteiger partial charge in [-0.25, -0.2) is 0 Å². The SMILES string of the molecule is [Cl-].c1ccc([S][Al+][S]c2ccccc2)cc1. The van der Waals surface area contributed by atoms with Gasteiger partial charge in [-0.1, -0.05) is 0 Å². The third-order valence-corrected chi connectivity index (χ3v) is 7.08. The van der Waals surface area contributed by atoms with Crippen LogP contribution in [0.1, 0.15) is 0 Å². The zero-order chi connectivity index (χ0) is 10.3. The van der Waals surface area contributed by atoms with Gasteiger partial charge in [-0.15, -0.1) is 0 Å².